The molecule has 1 amide bonds. The molecule has 6 nitrogen and oxygen atoms in total. The zero-order chi connectivity index (χ0) is 13.9. The summed E-state index contributed by atoms with van der Waals surface area (Å²) < 4.78 is 23.8. The molecule has 0 aromatic carbocycles. The van der Waals surface area contributed by atoms with Crippen molar-refractivity contribution in [2.75, 3.05) is 24.2 Å². The third-order valence-electron chi connectivity index (χ3n) is 2.29. The summed E-state index contributed by atoms with van der Waals surface area (Å²) in [6.45, 7) is 4.24. The van der Waals surface area contributed by atoms with Crippen LogP contribution in [0.1, 0.15) is 28.7 Å². The number of anilines is 1. The van der Waals surface area contributed by atoms with E-state index >= 15 is 0 Å². The zero-order valence-corrected chi connectivity index (χ0v) is 12.5. The molecular weight excluding hydrogens is 274 g/mol. The fourth-order valence-electron chi connectivity index (χ4n) is 1.19. The molecule has 102 valence electrons. The Morgan fingerprint density at radius 1 is 1.50 bits per heavy atom. The molecule has 1 aromatic heterocycles. The number of hydrogen-bond acceptors (Lipinski definition) is 5. The third kappa shape index (κ3) is 3.42. The van der Waals surface area contributed by atoms with Crippen molar-refractivity contribution in [2.45, 2.75) is 20.3 Å². The predicted octanol–water partition coefficient (Wildman–Crippen LogP) is 0.987. The standard InChI is InChI=1S/C10H17N3O3S2/c1-5-6-11-9(14)8-7(2)12-10(17-8)13(3)18(4,15)16/h5-6H2,1-4H3,(H,11,14). The Bertz CT molecular complexity index is 537. The van der Waals surface area contributed by atoms with Crippen molar-refractivity contribution in [1.82, 2.24) is 10.3 Å². The highest BCUT2D eigenvalue weighted by Crippen LogP contribution is 2.26. The van der Waals surface area contributed by atoms with Crippen LogP contribution in [0.2, 0.25) is 0 Å². The molecule has 0 saturated carbocycles. The molecule has 18 heavy (non-hydrogen) atoms. The molecule has 0 spiro atoms. The molecule has 0 fully saturated rings. The highest BCUT2D eigenvalue weighted by molar-refractivity contribution is 7.92. The van der Waals surface area contributed by atoms with Gasteiger partial charge >= 0.3 is 0 Å². The molecule has 8 heteroatoms. The number of rotatable bonds is 5. The maximum atomic E-state index is 11.8. The van der Waals surface area contributed by atoms with Gasteiger partial charge in [-0.1, -0.05) is 18.3 Å². The van der Waals surface area contributed by atoms with Gasteiger partial charge in [-0.05, 0) is 13.3 Å². The molecule has 1 aromatic rings. The van der Waals surface area contributed by atoms with Crippen LogP contribution in [0, 0.1) is 6.92 Å². The predicted molar refractivity (Wildman–Crippen MR) is 72.7 cm³/mol. The minimum Gasteiger partial charge on any atom is -0.351 e. The van der Waals surface area contributed by atoms with Gasteiger partial charge in [0.2, 0.25) is 10.0 Å². The third-order valence-corrected chi connectivity index (χ3v) is 4.81. The molecule has 0 aliphatic carbocycles. The minimum atomic E-state index is -3.35. The van der Waals surface area contributed by atoms with Gasteiger partial charge in [0.1, 0.15) is 4.88 Å². The van der Waals surface area contributed by atoms with Crippen LogP contribution in [-0.2, 0) is 10.0 Å². The monoisotopic (exact) mass is 291 g/mol. The van der Waals surface area contributed by atoms with E-state index in [1.165, 1.54) is 7.05 Å². The maximum absolute atomic E-state index is 11.8. The number of amides is 1. The number of hydrogen-bond donors (Lipinski definition) is 1. The van der Waals surface area contributed by atoms with Crippen LogP contribution >= 0.6 is 11.3 Å². The average molecular weight is 291 g/mol. The van der Waals surface area contributed by atoms with Crippen LogP contribution in [0.3, 0.4) is 0 Å². The van der Waals surface area contributed by atoms with Gasteiger partial charge in [-0.15, -0.1) is 0 Å². The fraction of sp³-hybridized carbons (Fsp3) is 0.600. The molecule has 0 radical (unpaired) electrons. The van der Waals surface area contributed by atoms with E-state index in [4.69, 9.17) is 0 Å². The molecule has 1 rings (SSSR count). The van der Waals surface area contributed by atoms with E-state index in [1.807, 2.05) is 6.92 Å². The van der Waals surface area contributed by atoms with E-state index in [0.717, 1.165) is 28.3 Å². The summed E-state index contributed by atoms with van der Waals surface area (Å²) >= 11 is 1.08. The normalized spacial score (nSPS) is 11.3. The van der Waals surface area contributed by atoms with Crippen LogP contribution in [0.4, 0.5) is 5.13 Å². The van der Waals surface area contributed by atoms with E-state index < -0.39 is 10.0 Å². The summed E-state index contributed by atoms with van der Waals surface area (Å²) in [7, 11) is -1.93. The molecular formula is C10H17N3O3S2. The molecule has 0 aliphatic heterocycles. The molecule has 1 N–H and O–H groups in total. The maximum Gasteiger partial charge on any atom is 0.263 e. The highest BCUT2D eigenvalue weighted by atomic mass is 32.2. The number of nitrogens with zero attached hydrogens (tertiary/aromatic N) is 2. The Balaban J connectivity index is 2.98. The van der Waals surface area contributed by atoms with Gasteiger partial charge < -0.3 is 5.32 Å². The van der Waals surface area contributed by atoms with Gasteiger partial charge in [-0.25, -0.2) is 17.7 Å². The smallest absolute Gasteiger partial charge is 0.263 e. The largest absolute Gasteiger partial charge is 0.351 e. The first kappa shape index (κ1) is 14.9. The fourth-order valence-corrected chi connectivity index (χ4v) is 2.88. The number of thiazole rings is 1. The van der Waals surface area contributed by atoms with Crippen LogP contribution < -0.4 is 9.62 Å². The highest BCUT2D eigenvalue weighted by Gasteiger charge is 2.20. The number of sulfonamides is 1. The van der Waals surface area contributed by atoms with Crippen molar-refractivity contribution in [2.24, 2.45) is 0 Å². The second-order valence-corrected chi connectivity index (χ2v) is 6.89. The molecule has 0 aliphatic rings. The van der Waals surface area contributed by atoms with Gasteiger partial charge in [0.05, 0.1) is 11.9 Å². The summed E-state index contributed by atoms with van der Waals surface area (Å²) in [5.74, 6) is -0.208. The van der Waals surface area contributed by atoms with Gasteiger partial charge in [0.15, 0.2) is 5.13 Å². The SMILES string of the molecule is CCCNC(=O)c1sc(N(C)S(C)(=O)=O)nc1C. The van der Waals surface area contributed by atoms with Crippen LogP contribution in [0.5, 0.6) is 0 Å². The first-order valence-electron chi connectivity index (χ1n) is 5.47. The first-order chi connectivity index (χ1) is 8.27. The van der Waals surface area contributed by atoms with E-state index in [0.29, 0.717) is 22.2 Å². The Labute approximate surface area is 111 Å². The van der Waals surface area contributed by atoms with E-state index in [-0.39, 0.29) is 5.91 Å². The van der Waals surface area contributed by atoms with Crippen molar-refractivity contribution >= 4 is 32.4 Å². The topological polar surface area (TPSA) is 79.4 Å². The van der Waals surface area contributed by atoms with Crippen molar-refractivity contribution in [3.63, 3.8) is 0 Å². The Morgan fingerprint density at radius 3 is 2.61 bits per heavy atom. The lowest BCUT2D eigenvalue weighted by molar-refractivity contribution is 0.0957. The van der Waals surface area contributed by atoms with Crippen molar-refractivity contribution in [3.05, 3.63) is 10.6 Å². The van der Waals surface area contributed by atoms with Gasteiger partial charge in [-0.3, -0.25) is 4.79 Å². The quantitative estimate of drug-likeness (QED) is 0.877. The van der Waals surface area contributed by atoms with E-state index in [2.05, 4.69) is 10.3 Å². The van der Waals surface area contributed by atoms with Gasteiger partial charge in [-0.2, -0.15) is 0 Å². The lowest BCUT2D eigenvalue weighted by Crippen LogP contribution is -2.24. The van der Waals surface area contributed by atoms with E-state index in [1.54, 1.807) is 6.92 Å². The second kappa shape index (κ2) is 5.66. The van der Waals surface area contributed by atoms with Crippen LogP contribution in [0.25, 0.3) is 0 Å². The summed E-state index contributed by atoms with van der Waals surface area (Å²) in [5.41, 5.74) is 0.541. The van der Waals surface area contributed by atoms with Gasteiger partial charge in [0, 0.05) is 13.6 Å². The van der Waals surface area contributed by atoms with Gasteiger partial charge in [0.25, 0.3) is 5.91 Å². The van der Waals surface area contributed by atoms with E-state index in [9.17, 15) is 13.2 Å². The molecule has 0 bridgehead atoms. The Hall–Kier alpha value is -1.15. The van der Waals surface area contributed by atoms with Crippen molar-refractivity contribution < 1.29 is 13.2 Å². The number of aryl methyl sites for hydroxylation is 1. The molecule has 0 saturated heterocycles. The van der Waals surface area contributed by atoms with Crippen LogP contribution in [0.15, 0.2) is 0 Å². The number of carbonyl (C=O) groups is 1. The lowest BCUT2D eigenvalue weighted by Gasteiger charge is -2.11. The minimum absolute atomic E-state index is 0.208. The average Bonchev–Trinajstić information content (AvgIpc) is 2.65. The molecule has 0 unspecified atom stereocenters. The Morgan fingerprint density at radius 2 is 2.11 bits per heavy atom. The number of nitrogens with one attached hydrogen (secondary N) is 1. The summed E-state index contributed by atoms with van der Waals surface area (Å²) in [6, 6.07) is 0. The number of carbonyl (C=O) groups excluding carboxylic acids is 1. The number of aromatic nitrogens is 1. The summed E-state index contributed by atoms with van der Waals surface area (Å²) in [4.78, 5) is 16.4. The van der Waals surface area contributed by atoms with Crippen molar-refractivity contribution in [3.8, 4) is 0 Å². The molecule has 1 heterocycles. The first-order valence-corrected chi connectivity index (χ1v) is 8.13. The second-order valence-electron chi connectivity index (χ2n) is 3.90. The van der Waals surface area contributed by atoms with Crippen molar-refractivity contribution in [1.29, 1.82) is 0 Å². The summed E-state index contributed by atoms with van der Waals surface area (Å²) in [5, 5.41) is 3.05. The zero-order valence-electron chi connectivity index (χ0n) is 10.8. The summed E-state index contributed by atoms with van der Waals surface area (Å²) in [6.07, 6.45) is 1.94. The molecule has 0 atom stereocenters. The Kier molecular flexibility index (Phi) is 4.69. The van der Waals surface area contributed by atoms with Crippen LogP contribution in [-0.4, -0.2) is 39.2 Å². The lowest BCUT2D eigenvalue weighted by atomic mass is 10.3.